The molecule has 1 fully saturated rings. The Balaban J connectivity index is 1.89. The lowest BCUT2D eigenvalue weighted by Gasteiger charge is -2.39. The summed E-state index contributed by atoms with van der Waals surface area (Å²) >= 11 is 0. The van der Waals surface area contributed by atoms with Crippen LogP contribution in [0, 0.1) is 12.8 Å². The Kier molecular flexibility index (Phi) is 6.95. The summed E-state index contributed by atoms with van der Waals surface area (Å²) in [5.41, 5.74) is 2.11. The summed E-state index contributed by atoms with van der Waals surface area (Å²) in [6.07, 6.45) is -4.61. The van der Waals surface area contributed by atoms with Gasteiger partial charge >= 0.3 is 0 Å². The fraction of sp³-hybridized carbons (Fsp3) is 0.500. The SMILES string of the molecule is Cc1c(O[C@@H]2O[C@H](CO)[C@@H](O)[C@H](O)[C@H]2O)c(=O)ccn1-c1ccc(CC(C)C)cc1. The molecule has 5 atom stereocenters. The van der Waals surface area contributed by atoms with E-state index >= 15 is 0 Å². The van der Waals surface area contributed by atoms with Crippen LogP contribution in [0.25, 0.3) is 5.69 Å². The molecule has 0 bridgehead atoms. The second-order valence-corrected chi connectivity index (χ2v) is 8.04. The first-order valence-corrected chi connectivity index (χ1v) is 10.0. The highest BCUT2D eigenvalue weighted by Gasteiger charge is 2.45. The number of aromatic nitrogens is 1. The normalized spacial score (nSPS) is 26.7. The fourth-order valence-corrected chi connectivity index (χ4v) is 3.59. The van der Waals surface area contributed by atoms with Crippen LogP contribution < -0.4 is 10.2 Å². The predicted molar refractivity (Wildman–Crippen MR) is 110 cm³/mol. The van der Waals surface area contributed by atoms with Gasteiger partial charge in [-0.05, 0) is 37.0 Å². The van der Waals surface area contributed by atoms with Gasteiger partial charge in [0.1, 0.15) is 24.4 Å². The zero-order valence-electron chi connectivity index (χ0n) is 17.3. The maximum atomic E-state index is 12.4. The van der Waals surface area contributed by atoms with Crippen LogP contribution in [0.5, 0.6) is 5.75 Å². The molecule has 0 aliphatic carbocycles. The molecule has 8 nitrogen and oxygen atoms in total. The molecule has 164 valence electrons. The molecule has 0 spiro atoms. The molecule has 1 aromatic carbocycles. The fourth-order valence-electron chi connectivity index (χ4n) is 3.59. The largest absolute Gasteiger partial charge is 0.456 e. The van der Waals surface area contributed by atoms with Crippen molar-refractivity contribution < 1.29 is 29.9 Å². The molecule has 2 aromatic rings. The van der Waals surface area contributed by atoms with Gasteiger partial charge in [0.15, 0.2) is 5.75 Å². The van der Waals surface area contributed by atoms with E-state index in [0.717, 1.165) is 12.1 Å². The zero-order chi connectivity index (χ0) is 22.0. The molecule has 1 aliphatic heterocycles. The Morgan fingerprint density at radius 3 is 2.33 bits per heavy atom. The third kappa shape index (κ3) is 4.58. The average Bonchev–Trinajstić information content (AvgIpc) is 2.71. The number of rotatable bonds is 6. The molecule has 1 aliphatic rings. The number of hydrogen-bond donors (Lipinski definition) is 4. The summed E-state index contributed by atoms with van der Waals surface area (Å²) in [5, 5.41) is 39.4. The lowest BCUT2D eigenvalue weighted by Crippen LogP contribution is -2.60. The van der Waals surface area contributed by atoms with Gasteiger partial charge in [-0.15, -0.1) is 0 Å². The number of hydrogen-bond acceptors (Lipinski definition) is 7. The van der Waals surface area contributed by atoms with Crippen molar-refractivity contribution in [3.8, 4) is 11.4 Å². The van der Waals surface area contributed by atoms with Crippen molar-refractivity contribution in [3.63, 3.8) is 0 Å². The summed E-state index contributed by atoms with van der Waals surface area (Å²) in [5.74, 6) is 0.497. The molecular weight excluding hydrogens is 390 g/mol. The van der Waals surface area contributed by atoms with Gasteiger partial charge in [-0.2, -0.15) is 0 Å². The Labute approximate surface area is 174 Å². The molecule has 2 heterocycles. The van der Waals surface area contributed by atoms with Crippen LogP contribution in [0.1, 0.15) is 25.1 Å². The van der Waals surface area contributed by atoms with Crippen LogP contribution >= 0.6 is 0 Å². The molecule has 0 unspecified atom stereocenters. The molecule has 4 N–H and O–H groups in total. The van der Waals surface area contributed by atoms with Crippen molar-refractivity contribution in [2.24, 2.45) is 5.92 Å². The van der Waals surface area contributed by atoms with Crippen molar-refractivity contribution >= 4 is 0 Å². The third-order valence-electron chi connectivity index (χ3n) is 5.23. The van der Waals surface area contributed by atoms with Gasteiger partial charge in [-0.25, -0.2) is 0 Å². The number of aliphatic hydroxyl groups is 4. The highest BCUT2D eigenvalue weighted by atomic mass is 16.7. The van der Waals surface area contributed by atoms with Crippen molar-refractivity contribution in [2.75, 3.05) is 6.61 Å². The molecular formula is C22H29NO7. The Bertz CT molecular complexity index is 907. The number of pyridine rings is 1. The summed E-state index contributed by atoms with van der Waals surface area (Å²) in [4.78, 5) is 12.4. The van der Waals surface area contributed by atoms with Gasteiger partial charge in [-0.1, -0.05) is 26.0 Å². The molecule has 1 saturated heterocycles. The summed E-state index contributed by atoms with van der Waals surface area (Å²) in [6, 6.07) is 9.31. The topological polar surface area (TPSA) is 121 Å². The van der Waals surface area contributed by atoms with E-state index in [9.17, 15) is 25.2 Å². The van der Waals surface area contributed by atoms with Crippen molar-refractivity contribution in [1.29, 1.82) is 0 Å². The van der Waals surface area contributed by atoms with Crippen LogP contribution in [0.15, 0.2) is 41.3 Å². The third-order valence-corrected chi connectivity index (χ3v) is 5.23. The lowest BCUT2D eigenvalue weighted by atomic mass is 9.99. The van der Waals surface area contributed by atoms with Crippen molar-refractivity contribution in [2.45, 2.75) is 57.9 Å². The van der Waals surface area contributed by atoms with Crippen LogP contribution in [-0.4, -0.2) is 62.3 Å². The number of nitrogens with zero attached hydrogens (tertiary/aromatic N) is 1. The van der Waals surface area contributed by atoms with E-state index in [2.05, 4.69) is 13.8 Å². The van der Waals surface area contributed by atoms with Gasteiger partial charge in [0.2, 0.25) is 11.7 Å². The number of benzene rings is 1. The van der Waals surface area contributed by atoms with Gasteiger partial charge in [-0.3, -0.25) is 4.79 Å². The van der Waals surface area contributed by atoms with E-state index in [1.807, 2.05) is 24.3 Å². The van der Waals surface area contributed by atoms with E-state index in [0.29, 0.717) is 11.6 Å². The molecule has 8 heteroatoms. The maximum absolute atomic E-state index is 12.4. The highest BCUT2D eigenvalue weighted by Crippen LogP contribution is 2.25. The molecule has 0 amide bonds. The van der Waals surface area contributed by atoms with Crippen LogP contribution in [-0.2, 0) is 11.2 Å². The van der Waals surface area contributed by atoms with Gasteiger partial charge in [0.05, 0.1) is 12.3 Å². The van der Waals surface area contributed by atoms with Gasteiger partial charge in [0, 0.05) is 18.0 Å². The van der Waals surface area contributed by atoms with Crippen molar-refractivity contribution in [1.82, 2.24) is 4.57 Å². The predicted octanol–water partition coefficient (Wildman–Crippen LogP) is 0.523. The first-order valence-electron chi connectivity index (χ1n) is 10.0. The van der Waals surface area contributed by atoms with Gasteiger partial charge < -0.3 is 34.5 Å². The summed E-state index contributed by atoms with van der Waals surface area (Å²) in [7, 11) is 0. The number of aliphatic hydroxyl groups excluding tert-OH is 4. The molecule has 0 radical (unpaired) electrons. The second kappa shape index (κ2) is 9.28. The number of ether oxygens (including phenoxy) is 2. The standard InChI is InChI=1S/C22H29NO7/c1-12(2)10-14-4-6-15(7-5-14)23-9-8-16(25)21(13(23)3)30-22-20(28)19(27)18(26)17(11-24)29-22/h4-9,12,17-20,22,24,26-28H,10-11H2,1-3H3/t17-,18-,19+,20-,22+/m1/s1. The first-order chi connectivity index (χ1) is 14.2. The van der Waals surface area contributed by atoms with Crippen molar-refractivity contribution in [3.05, 3.63) is 58.0 Å². The lowest BCUT2D eigenvalue weighted by molar-refractivity contribution is -0.277. The van der Waals surface area contributed by atoms with E-state index in [1.54, 1.807) is 17.7 Å². The van der Waals surface area contributed by atoms with Gasteiger partial charge in [0.25, 0.3) is 0 Å². The Hall–Kier alpha value is -2.23. The van der Waals surface area contributed by atoms with Crippen LogP contribution in [0.4, 0.5) is 0 Å². The average molecular weight is 419 g/mol. The summed E-state index contributed by atoms with van der Waals surface area (Å²) < 4.78 is 12.8. The molecule has 30 heavy (non-hydrogen) atoms. The summed E-state index contributed by atoms with van der Waals surface area (Å²) in [6.45, 7) is 5.43. The molecule has 3 rings (SSSR count). The Morgan fingerprint density at radius 1 is 1.07 bits per heavy atom. The Morgan fingerprint density at radius 2 is 1.73 bits per heavy atom. The van der Waals surface area contributed by atoms with E-state index < -0.39 is 42.7 Å². The molecule has 0 saturated carbocycles. The minimum atomic E-state index is -1.59. The first kappa shape index (κ1) is 22.5. The smallest absolute Gasteiger partial charge is 0.229 e. The van der Waals surface area contributed by atoms with E-state index in [1.165, 1.54) is 11.6 Å². The minimum absolute atomic E-state index is 0.0481. The van der Waals surface area contributed by atoms with E-state index in [4.69, 9.17) is 9.47 Å². The van der Waals surface area contributed by atoms with E-state index in [-0.39, 0.29) is 5.75 Å². The quantitative estimate of drug-likeness (QED) is 0.539. The van der Waals surface area contributed by atoms with Crippen LogP contribution in [0.3, 0.4) is 0 Å². The monoisotopic (exact) mass is 419 g/mol. The maximum Gasteiger partial charge on any atom is 0.229 e. The highest BCUT2D eigenvalue weighted by molar-refractivity contribution is 5.40. The zero-order valence-corrected chi connectivity index (χ0v) is 17.3. The molecule has 1 aromatic heterocycles. The van der Waals surface area contributed by atoms with Crippen LogP contribution in [0.2, 0.25) is 0 Å². The second-order valence-electron chi connectivity index (χ2n) is 8.04. The minimum Gasteiger partial charge on any atom is -0.456 e.